The third-order valence-electron chi connectivity index (χ3n) is 3.41. The normalized spacial score (nSPS) is 15.7. The third kappa shape index (κ3) is 5.02. The summed E-state index contributed by atoms with van der Waals surface area (Å²) in [6, 6.07) is 7.38. The van der Waals surface area contributed by atoms with Crippen molar-refractivity contribution in [1.82, 2.24) is 10.2 Å². The summed E-state index contributed by atoms with van der Waals surface area (Å²) in [6.45, 7) is 7.60. The van der Waals surface area contributed by atoms with Crippen LogP contribution < -0.4 is 10.1 Å². The van der Waals surface area contributed by atoms with Gasteiger partial charge in [-0.2, -0.15) is 0 Å². The molecule has 0 spiro atoms. The van der Waals surface area contributed by atoms with Crippen LogP contribution in [0.2, 0.25) is 0 Å². The SMILES string of the molecule is CCCOc1ccccc1C(=O)NCCN1CCOCC1. The summed E-state index contributed by atoms with van der Waals surface area (Å²) in [5.41, 5.74) is 0.605. The van der Waals surface area contributed by atoms with E-state index in [4.69, 9.17) is 9.47 Å². The summed E-state index contributed by atoms with van der Waals surface area (Å²) in [6.07, 6.45) is 0.924. The number of nitrogens with zero attached hydrogens (tertiary/aromatic N) is 1. The molecule has 1 aliphatic heterocycles. The summed E-state index contributed by atoms with van der Waals surface area (Å²) >= 11 is 0. The minimum Gasteiger partial charge on any atom is -0.493 e. The van der Waals surface area contributed by atoms with Gasteiger partial charge in [-0.1, -0.05) is 19.1 Å². The van der Waals surface area contributed by atoms with Gasteiger partial charge in [-0.25, -0.2) is 0 Å². The number of benzene rings is 1. The Morgan fingerprint density at radius 1 is 1.33 bits per heavy atom. The Morgan fingerprint density at radius 2 is 2.10 bits per heavy atom. The van der Waals surface area contributed by atoms with Crippen molar-refractivity contribution < 1.29 is 14.3 Å². The molecule has 1 fully saturated rings. The fourth-order valence-corrected chi connectivity index (χ4v) is 2.24. The zero-order chi connectivity index (χ0) is 14.9. The second kappa shape index (κ2) is 8.64. The van der Waals surface area contributed by atoms with Crippen molar-refractivity contribution in [3.63, 3.8) is 0 Å². The zero-order valence-corrected chi connectivity index (χ0v) is 12.6. The Labute approximate surface area is 126 Å². The van der Waals surface area contributed by atoms with Gasteiger partial charge in [0.15, 0.2) is 0 Å². The van der Waals surface area contributed by atoms with Crippen molar-refractivity contribution in [3.05, 3.63) is 29.8 Å². The predicted octanol–water partition coefficient (Wildman–Crippen LogP) is 1.54. The van der Waals surface area contributed by atoms with Gasteiger partial charge in [0.25, 0.3) is 5.91 Å². The van der Waals surface area contributed by atoms with Crippen LogP contribution in [0.1, 0.15) is 23.7 Å². The monoisotopic (exact) mass is 292 g/mol. The fraction of sp³-hybridized carbons (Fsp3) is 0.562. The molecule has 0 aliphatic carbocycles. The molecule has 1 saturated heterocycles. The zero-order valence-electron chi connectivity index (χ0n) is 12.6. The molecule has 21 heavy (non-hydrogen) atoms. The lowest BCUT2D eigenvalue weighted by Gasteiger charge is -2.26. The van der Waals surface area contributed by atoms with Crippen LogP contribution >= 0.6 is 0 Å². The van der Waals surface area contributed by atoms with E-state index < -0.39 is 0 Å². The molecule has 2 rings (SSSR count). The first kappa shape index (κ1) is 15.8. The van der Waals surface area contributed by atoms with Crippen LogP contribution in [0.25, 0.3) is 0 Å². The fourth-order valence-electron chi connectivity index (χ4n) is 2.24. The maximum Gasteiger partial charge on any atom is 0.255 e. The lowest BCUT2D eigenvalue weighted by atomic mass is 10.2. The van der Waals surface area contributed by atoms with E-state index in [1.165, 1.54) is 0 Å². The number of ether oxygens (including phenoxy) is 2. The van der Waals surface area contributed by atoms with Gasteiger partial charge in [-0.3, -0.25) is 9.69 Å². The minimum atomic E-state index is -0.0741. The molecule has 5 nitrogen and oxygen atoms in total. The molecular weight excluding hydrogens is 268 g/mol. The average molecular weight is 292 g/mol. The van der Waals surface area contributed by atoms with Crippen LogP contribution in [0.3, 0.4) is 0 Å². The maximum absolute atomic E-state index is 12.2. The van der Waals surface area contributed by atoms with Crippen LogP contribution in [-0.2, 0) is 4.74 Å². The van der Waals surface area contributed by atoms with Crippen LogP contribution in [0.15, 0.2) is 24.3 Å². The first-order chi connectivity index (χ1) is 10.3. The van der Waals surface area contributed by atoms with Crippen molar-refractivity contribution in [2.45, 2.75) is 13.3 Å². The van der Waals surface area contributed by atoms with Crippen LogP contribution in [0, 0.1) is 0 Å². The number of rotatable bonds is 7. The third-order valence-corrected chi connectivity index (χ3v) is 3.41. The van der Waals surface area contributed by atoms with Crippen LogP contribution in [0.5, 0.6) is 5.75 Å². The molecule has 0 aromatic heterocycles. The highest BCUT2D eigenvalue weighted by Gasteiger charge is 2.13. The lowest BCUT2D eigenvalue weighted by molar-refractivity contribution is 0.0383. The summed E-state index contributed by atoms with van der Waals surface area (Å²) in [4.78, 5) is 14.5. The molecule has 5 heteroatoms. The average Bonchev–Trinajstić information content (AvgIpc) is 2.54. The second-order valence-electron chi connectivity index (χ2n) is 5.05. The van der Waals surface area contributed by atoms with Crippen molar-refractivity contribution >= 4 is 5.91 Å². The smallest absolute Gasteiger partial charge is 0.255 e. The molecule has 1 amide bonds. The van der Waals surface area contributed by atoms with Gasteiger partial charge in [0.2, 0.25) is 0 Å². The Bertz CT molecular complexity index is 445. The summed E-state index contributed by atoms with van der Waals surface area (Å²) in [5.74, 6) is 0.582. The van der Waals surface area contributed by atoms with E-state index in [2.05, 4.69) is 10.2 Å². The van der Waals surface area contributed by atoms with E-state index in [0.29, 0.717) is 24.5 Å². The van der Waals surface area contributed by atoms with E-state index in [0.717, 1.165) is 39.3 Å². The van der Waals surface area contributed by atoms with Crippen LogP contribution in [0.4, 0.5) is 0 Å². The second-order valence-corrected chi connectivity index (χ2v) is 5.05. The highest BCUT2D eigenvalue weighted by molar-refractivity contribution is 5.96. The Morgan fingerprint density at radius 3 is 2.86 bits per heavy atom. The summed E-state index contributed by atoms with van der Waals surface area (Å²) < 4.78 is 10.9. The molecule has 0 bridgehead atoms. The van der Waals surface area contributed by atoms with Gasteiger partial charge in [-0.05, 0) is 18.6 Å². The first-order valence-corrected chi connectivity index (χ1v) is 7.61. The van der Waals surface area contributed by atoms with Gasteiger partial charge in [0.05, 0.1) is 25.4 Å². The Balaban J connectivity index is 1.82. The highest BCUT2D eigenvalue weighted by Crippen LogP contribution is 2.17. The van der Waals surface area contributed by atoms with E-state index >= 15 is 0 Å². The molecule has 1 aromatic carbocycles. The van der Waals surface area contributed by atoms with Gasteiger partial charge in [0, 0.05) is 26.2 Å². The van der Waals surface area contributed by atoms with E-state index in [1.54, 1.807) is 6.07 Å². The molecule has 0 radical (unpaired) electrons. The number of nitrogens with one attached hydrogen (secondary N) is 1. The van der Waals surface area contributed by atoms with Gasteiger partial charge < -0.3 is 14.8 Å². The van der Waals surface area contributed by atoms with Gasteiger partial charge in [-0.15, -0.1) is 0 Å². The molecule has 1 aromatic rings. The van der Waals surface area contributed by atoms with Gasteiger partial charge >= 0.3 is 0 Å². The predicted molar refractivity (Wildman–Crippen MR) is 81.8 cm³/mol. The summed E-state index contributed by atoms with van der Waals surface area (Å²) in [5, 5.41) is 2.96. The van der Waals surface area contributed by atoms with Crippen molar-refractivity contribution in [2.75, 3.05) is 46.0 Å². The number of hydrogen-bond acceptors (Lipinski definition) is 4. The number of morpholine rings is 1. The minimum absolute atomic E-state index is 0.0741. The first-order valence-electron chi connectivity index (χ1n) is 7.61. The van der Waals surface area contributed by atoms with E-state index in [-0.39, 0.29) is 5.91 Å². The number of carbonyl (C=O) groups is 1. The molecule has 1 N–H and O–H groups in total. The molecule has 0 atom stereocenters. The largest absolute Gasteiger partial charge is 0.493 e. The van der Waals surface area contributed by atoms with Crippen molar-refractivity contribution in [2.24, 2.45) is 0 Å². The Kier molecular flexibility index (Phi) is 6.50. The molecule has 1 aliphatic rings. The van der Waals surface area contributed by atoms with Crippen LogP contribution in [-0.4, -0.2) is 56.8 Å². The summed E-state index contributed by atoms with van der Waals surface area (Å²) in [7, 11) is 0. The standard InChI is InChI=1S/C16H24N2O3/c1-2-11-21-15-6-4-3-5-14(15)16(19)17-7-8-18-9-12-20-13-10-18/h3-6H,2,7-13H2,1H3,(H,17,19). The lowest BCUT2D eigenvalue weighted by Crippen LogP contribution is -2.41. The highest BCUT2D eigenvalue weighted by atomic mass is 16.5. The van der Waals surface area contributed by atoms with Crippen molar-refractivity contribution in [3.8, 4) is 5.75 Å². The molecule has 0 saturated carbocycles. The maximum atomic E-state index is 12.2. The number of para-hydroxylation sites is 1. The van der Waals surface area contributed by atoms with E-state index in [1.807, 2.05) is 25.1 Å². The van der Waals surface area contributed by atoms with Crippen molar-refractivity contribution in [1.29, 1.82) is 0 Å². The quantitative estimate of drug-likeness (QED) is 0.828. The number of carbonyl (C=O) groups excluding carboxylic acids is 1. The molecular formula is C16H24N2O3. The number of amides is 1. The topological polar surface area (TPSA) is 50.8 Å². The van der Waals surface area contributed by atoms with E-state index in [9.17, 15) is 4.79 Å². The van der Waals surface area contributed by atoms with Gasteiger partial charge in [0.1, 0.15) is 5.75 Å². The molecule has 1 heterocycles. The molecule has 116 valence electrons. The number of hydrogen-bond donors (Lipinski definition) is 1. The Hall–Kier alpha value is -1.59. The molecule has 0 unspecified atom stereocenters.